The van der Waals surface area contributed by atoms with E-state index in [0.717, 1.165) is 6.54 Å². The Balaban J connectivity index is 2.66. The average Bonchev–Trinajstić information content (AvgIpc) is 2.29. The van der Waals surface area contributed by atoms with E-state index in [0.29, 0.717) is 0 Å². The lowest BCUT2D eigenvalue weighted by atomic mass is 10.2. The predicted molar refractivity (Wildman–Crippen MR) is 68.0 cm³/mol. The summed E-state index contributed by atoms with van der Waals surface area (Å²) in [5.74, 6) is 0. The van der Waals surface area contributed by atoms with Crippen molar-refractivity contribution in [3.63, 3.8) is 0 Å². The molecule has 0 unspecified atom stereocenters. The van der Waals surface area contributed by atoms with Gasteiger partial charge in [-0.05, 0) is 23.6 Å². The number of allylic oxidation sites excluding steroid dienone is 1. The monoisotopic (exact) mass is 220 g/mol. The Bertz CT molecular complexity index is 333. The van der Waals surface area contributed by atoms with Gasteiger partial charge in [-0.1, -0.05) is 30.3 Å². The molecule has 0 heterocycles. The maximum Gasteiger partial charge on any atom is 0.0860 e. The maximum atomic E-state index is 7.32. The number of nitrogens with one attached hydrogen (secondary N) is 1. The van der Waals surface area contributed by atoms with Crippen molar-refractivity contribution in [2.45, 2.75) is 13.5 Å². The van der Waals surface area contributed by atoms with E-state index in [9.17, 15) is 0 Å². The zero-order valence-electron chi connectivity index (χ0n) is 9.10. The predicted octanol–water partition coefficient (Wildman–Crippen LogP) is 3.32. The van der Waals surface area contributed by atoms with E-state index >= 15 is 0 Å². The lowest BCUT2D eigenvalue weighted by Crippen LogP contribution is -2.14. The van der Waals surface area contributed by atoms with E-state index in [1.807, 2.05) is 42.5 Å². The first kappa shape index (κ1) is 11.9. The summed E-state index contributed by atoms with van der Waals surface area (Å²) in [5, 5.41) is 7.32. The summed E-state index contributed by atoms with van der Waals surface area (Å²) < 4.78 is 0. The van der Waals surface area contributed by atoms with Crippen LogP contribution >= 0.6 is 11.8 Å². The van der Waals surface area contributed by atoms with Gasteiger partial charge in [0.1, 0.15) is 0 Å². The van der Waals surface area contributed by atoms with Crippen molar-refractivity contribution >= 4 is 18.1 Å². The highest BCUT2D eigenvalue weighted by molar-refractivity contribution is 8.02. The van der Waals surface area contributed by atoms with E-state index in [4.69, 9.17) is 5.41 Å². The normalized spacial score (nSPS) is 11.2. The number of rotatable bonds is 5. The van der Waals surface area contributed by atoms with Crippen LogP contribution < -0.4 is 0 Å². The largest absolute Gasteiger partial charge is 0.334 e. The summed E-state index contributed by atoms with van der Waals surface area (Å²) in [5.41, 5.74) is 1.21. The molecule has 1 N–H and O–H groups in total. The Morgan fingerprint density at radius 1 is 1.40 bits per heavy atom. The van der Waals surface area contributed by atoms with Gasteiger partial charge in [-0.15, -0.1) is 11.8 Å². The van der Waals surface area contributed by atoms with Gasteiger partial charge in [0.05, 0.1) is 6.34 Å². The van der Waals surface area contributed by atoms with Crippen LogP contribution in [-0.2, 0) is 6.54 Å². The van der Waals surface area contributed by atoms with Crippen LogP contribution in [0.25, 0.3) is 0 Å². The Hall–Kier alpha value is -1.22. The van der Waals surface area contributed by atoms with Crippen molar-refractivity contribution in [1.29, 1.82) is 5.41 Å². The molecule has 3 heteroatoms. The van der Waals surface area contributed by atoms with E-state index in [-0.39, 0.29) is 0 Å². The number of nitrogens with zero attached hydrogens (tertiary/aromatic N) is 1. The van der Waals surface area contributed by atoms with Gasteiger partial charge >= 0.3 is 0 Å². The molecule has 0 aliphatic rings. The summed E-state index contributed by atoms with van der Waals surface area (Å²) in [6.07, 6.45) is 5.38. The minimum atomic E-state index is 0.752. The molecule has 0 aliphatic carbocycles. The van der Waals surface area contributed by atoms with Crippen molar-refractivity contribution in [3.05, 3.63) is 47.0 Å². The van der Waals surface area contributed by atoms with Gasteiger partial charge < -0.3 is 4.90 Å². The molecule has 0 saturated heterocycles. The van der Waals surface area contributed by atoms with Gasteiger partial charge in [0.25, 0.3) is 0 Å². The van der Waals surface area contributed by atoms with Crippen LogP contribution in [0.2, 0.25) is 0 Å². The zero-order valence-corrected chi connectivity index (χ0v) is 9.92. The fraction of sp³-hybridized carbons (Fsp3) is 0.250. The molecular weight excluding hydrogens is 204 g/mol. The molecule has 0 bridgehead atoms. The van der Waals surface area contributed by atoms with E-state index < -0.39 is 0 Å². The van der Waals surface area contributed by atoms with Crippen LogP contribution in [0.1, 0.15) is 12.5 Å². The second kappa shape index (κ2) is 6.30. The van der Waals surface area contributed by atoms with Crippen molar-refractivity contribution in [1.82, 2.24) is 4.90 Å². The Labute approximate surface area is 95.5 Å². The lowest BCUT2D eigenvalue weighted by molar-refractivity contribution is 0.563. The van der Waals surface area contributed by atoms with Crippen molar-refractivity contribution < 1.29 is 0 Å². The minimum Gasteiger partial charge on any atom is -0.334 e. The number of hydrogen-bond donors (Lipinski definition) is 1. The number of hydrogen-bond acceptors (Lipinski definition) is 2. The molecule has 0 saturated carbocycles. The van der Waals surface area contributed by atoms with Crippen LogP contribution in [0, 0.1) is 5.41 Å². The van der Waals surface area contributed by atoms with Crippen molar-refractivity contribution in [2.24, 2.45) is 0 Å². The van der Waals surface area contributed by atoms with Gasteiger partial charge in [0.2, 0.25) is 0 Å². The highest BCUT2D eigenvalue weighted by atomic mass is 32.2. The van der Waals surface area contributed by atoms with E-state index in [1.165, 1.54) is 16.8 Å². The molecule has 0 aromatic heterocycles. The van der Waals surface area contributed by atoms with Crippen LogP contribution in [0.3, 0.4) is 0 Å². The third-order valence-corrected chi connectivity index (χ3v) is 2.79. The van der Waals surface area contributed by atoms with Crippen LogP contribution in [0.4, 0.5) is 0 Å². The molecule has 1 aromatic carbocycles. The van der Waals surface area contributed by atoms with Crippen LogP contribution in [-0.4, -0.2) is 17.5 Å². The summed E-state index contributed by atoms with van der Waals surface area (Å²) in [6.45, 7) is 2.80. The third kappa shape index (κ3) is 4.21. The Morgan fingerprint density at radius 3 is 2.60 bits per heavy atom. The molecule has 0 spiro atoms. The first-order valence-corrected chi connectivity index (χ1v) is 6.01. The van der Waals surface area contributed by atoms with Crippen LogP contribution in [0.15, 0.2) is 41.4 Å². The third-order valence-electron chi connectivity index (χ3n) is 2.04. The molecule has 0 aliphatic heterocycles. The molecule has 0 amide bonds. The zero-order chi connectivity index (χ0) is 11.1. The summed E-state index contributed by atoms with van der Waals surface area (Å²) in [4.78, 5) is 3.08. The Kier molecular flexibility index (Phi) is 4.98. The quantitative estimate of drug-likeness (QED) is 0.609. The molecular formula is C12H16N2S. The topological polar surface area (TPSA) is 27.1 Å². The molecule has 1 aromatic rings. The van der Waals surface area contributed by atoms with Gasteiger partial charge in [0.15, 0.2) is 0 Å². The van der Waals surface area contributed by atoms with Gasteiger partial charge in [-0.3, -0.25) is 5.41 Å². The first-order chi connectivity index (χ1) is 7.26. The molecule has 0 atom stereocenters. The average molecular weight is 220 g/mol. The summed E-state index contributed by atoms with van der Waals surface area (Å²) >= 11 is 1.70. The molecule has 15 heavy (non-hydrogen) atoms. The van der Waals surface area contributed by atoms with E-state index in [2.05, 4.69) is 12.1 Å². The van der Waals surface area contributed by atoms with Crippen molar-refractivity contribution in [3.8, 4) is 0 Å². The molecule has 2 nitrogen and oxygen atoms in total. The smallest absolute Gasteiger partial charge is 0.0860 e. The molecule has 1 rings (SSSR count). The molecule has 0 fully saturated rings. The fourth-order valence-electron chi connectivity index (χ4n) is 1.21. The van der Waals surface area contributed by atoms with Gasteiger partial charge in [0, 0.05) is 12.7 Å². The van der Waals surface area contributed by atoms with Crippen LogP contribution in [0.5, 0.6) is 0 Å². The highest BCUT2D eigenvalue weighted by Crippen LogP contribution is 2.12. The second-order valence-electron chi connectivity index (χ2n) is 3.23. The highest BCUT2D eigenvalue weighted by Gasteiger charge is 1.98. The van der Waals surface area contributed by atoms with Gasteiger partial charge in [-0.25, -0.2) is 0 Å². The fourth-order valence-corrected chi connectivity index (χ4v) is 1.45. The van der Waals surface area contributed by atoms with E-state index in [1.54, 1.807) is 11.8 Å². The maximum absolute atomic E-state index is 7.32. The molecule has 80 valence electrons. The number of thioether (sulfide) groups is 1. The summed E-state index contributed by atoms with van der Waals surface area (Å²) in [6, 6.07) is 10.2. The SMILES string of the molecule is CS/C(C)=C\N(C=N)Cc1ccccc1. The molecule has 0 radical (unpaired) electrons. The lowest BCUT2D eigenvalue weighted by Gasteiger charge is -2.14. The standard InChI is InChI=1S/C12H16N2S/c1-11(15-2)8-14(10-13)9-12-6-4-3-5-7-12/h3-8,10,13H,9H2,1-2H3/b11-8-,13-10?. The van der Waals surface area contributed by atoms with Crippen molar-refractivity contribution in [2.75, 3.05) is 6.26 Å². The van der Waals surface area contributed by atoms with Gasteiger partial charge in [-0.2, -0.15) is 0 Å². The number of benzene rings is 1. The second-order valence-corrected chi connectivity index (χ2v) is 4.28. The minimum absolute atomic E-state index is 0.752. The first-order valence-electron chi connectivity index (χ1n) is 4.79. The Morgan fingerprint density at radius 2 is 2.07 bits per heavy atom. The summed E-state index contributed by atoms with van der Waals surface area (Å²) in [7, 11) is 0.